The summed E-state index contributed by atoms with van der Waals surface area (Å²) in [5.41, 5.74) is 0. The van der Waals surface area contributed by atoms with Gasteiger partial charge in [0.2, 0.25) is 5.95 Å². The number of hydrogen-bond acceptors (Lipinski definition) is 4. The first kappa shape index (κ1) is 15.4. The van der Waals surface area contributed by atoms with Crippen LogP contribution in [0.25, 0.3) is 0 Å². The lowest BCUT2D eigenvalue weighted by Crippen LogP contribution is -2.26. The van der Waals surface area contributed by atoms with Crippen LogP contribution in [-0.4, -0.2) is 22.6 Å². The summed E-state index contributed by atoms with van der Waals surface area (Å²) in [5, 5.41) is 7.20. The maximum Gasteiger partial charge on any atom is 0.224 e. The summed E-state index contributed by atoms with van der Waals surface area (Å²) in [5.74, 6) is 2.31. The van der Waals surface area contributed by atoms with Crippen LogP contribution < -0.4 is 10.6 Å². The Morgan fingerprint density at radius 1 is 1.25 bits per heavy atom. The first-order valence-electron chi connectivity index (χ1n) is 7.75. The first-order valence-corrected chi connectivity index (χ1v) is 8.13. The van der Waals surface area contributed by atoms with Crippen molar-refractivity contribution in [1.29, 1.82) is 0 Å². The van der Waals surface area contributed by atoms with Crippen molar-refractivity contribution in [3.8, 4) is 0 Å². The molecule has 5 heteroatoms. The molecule has 0 aliphatic heterocycles. The van der Waals surface area contributed by atoms with E-state index in [0.29, 0.717) is 17.0 Å². The maximum atomic E-state index is 6.18. The number of anilines is 2. The van der Waals surface area contributed by atoms with Crippen LogP contribution in [0.15, 0.2) is 6.20 Å². The molecule has 0 spiro atoms. The Morgan fingerprint density at radius 2 is 2.00 bits per heavy atom. The van der Waals surface area contributed by atoms with Crippen LogP contribution >= 0.6 is 11.6 Å². The second-order valence-electron chi connectivity index (χ2n) is 5.57. The van der Waals surface area contributed by atoms with Gasteiger partial charge in [-0.2, -0.15) is 4.98 Å². The Morgan fingerprint density at radius 3 is 2.65 bits per heavy atom. The Hall–Kier alpha value is -1.03. The van der Waals surface area contributed by atoms with E-state index in [1.165, 1.54) is 38.5 Å². The molecule has 1 saturated carbocycles. The van der Waals surface area contributed by atoms with Gasteiger partial charge < -0.3 is 10.6 Å². The van der Waals surface area contributed by atoms with Crippen molar-refractivity contribution in [2.24, 2.45) is 5.92 Å². The van der Waals surface area contributed by atoms with Crippen molar-refractivity contribution in [1.82, 2.24) is 9.97 Å². The Balaban J connectivity index is 1.92. The van der Waals surface area contributed by atoms with E-state index in [2.05, 4.69) is 27.5 Å². The van der Waals surface area contributed by atoms with Crippen LogP contribution in [0.1, 0.15) is 52.4 Å². The van der Waals surface area contributed by atoms with E-state index in [0.717, 1.165) is 18.3 Å². The third-order valence-corrected chi connectivity index (χ3v) is 4.24. The predicted octanol–water partition coefficient (Wildman–Crippen LogP) is 4.33. The maximum absolute atomic E-state index is 6.18. The van der Waals surface area contributed by atoms with E-state index in [-0.39, 0.29) is 0 Å². The number of hydrogen-bond donors (Lipinski definition) is 2. The van der Waals surface area contributed by atoms with Gasteiger partial charge in [0.15, 0.2) is 5.82 Å². The van der Waals surface area contributed by atoms with Crippen molar-refractivity contribution in [3.63, 3.8) is 0 Å². The number of nitrogens with one attached hydrogen (secondary N) is 2. The summed E-state index contributed by atoms with van der Waals surface area (Å²) in [6.45, 7) is 5.11. The van der Waals surface area contributed by atoms with Crippen LogP contribution in [-0.2, 0) is 0 Å². The van der Waals surface area contributed by atoms with Crippen molar-refractivity contribution in [2.45, 2.75) is 58.4 Å². The van der Waals surface area contributed by atoms with Gasteiger partial charge in [-0.05, 0) is 38.5 Å². The van der Waals surface area contributed by atoms with Crippen LogP contribution in [0.2, 0.25) is 5.02 Å². The summed E-state index contributed by atoms with van der Waals surface area (Å²) in [6, 6.07) is 0.491. The van der Waals surface area contributed by atoms with Crippen LogP contribution in [0.5, 0.6) is 0 Å². The lowest BCUT2D eigenvalue weighted by molar-refractivity contribution is 0.318. The Bertz CT molecular complexity index is 416. The molecular formula is C15H25ClN4. The lowest BCUT2D eigenvalue weighted by atomic mass is 9.83. The number of nitrogens with zero attached hydrogens (tertiary/aromatic N) is 2. The van der Waals surface area contributed by atoms with E-state index in [4.69, 9.17) is 11.6 Å². The molecule has 4 nitrogen and oxygen atoms in total. The topological polar surface area (TPSA) is 49.8 Å². The van der Waals surface area contributed by atoms with Crippen LogP contribution in [0.4, 0.5) is 11.8 Å². The summed E-state index contributed by atoms with van der Waals surface area (Å²) in [4.78, 5) is 8.61. The fourth-order valence-electron chi connectivity index (χ4n) is 2.91. The van der Waals surface area contributed by atoms with Gasteiger partial charge in [-0.25, -0.2) is 4.98 Å². The number of rotatable bonds is 6. The van der Waals surface area contributed by atoms with E-state index in [1.807, 2.05) is 6.92 Å². The van der Waals surface area contributed by atoms with Gasteiger partial charge in [0.05, 0.1) is 6.20 Å². The quantitative estimate of drug-likeness (QED) is 0.820. The molecule has 1 aliphatic rings. The molecule has 20 heavy (non-hydrogen) atoms. The fraction of sp³-hybridized carbons (Fsp3) is 0.733. The van der Waals surface area contributed by atoms with E-state index >= 15 is 0 Å². The smallest absolute Gasteiger partial charge is 0.224 e. The average Bonchev–Trinajstić information content (AvgIpc) is 2.45. The first-order chi connectivity index (χ1) is 9.72. The molecule has 0 aromatic carbocycles. The molecule has 0 radical (unpaired) electrons. The monoisotopic (exact) mass is 296 g/mol. The van der Waals surface area contributed by atoms with E-state index < -0.39 is 0 Å². The van der Waals surface area contributed by atoms with Crippen LogP contribution in [0.3, 0.4) is 0 Å². The van der Waals surface area contributed by atoms with Crippen molar-refractivity contribution in [2.75, 3.05) is 17.2 Å². The number of aromatic nitrogens is 2. The minimum absolute atomic E-state index is 0.491. The Kier molecular flexibility index (Phi) is 5.89. The molecule has 1 fully saturated rings. The molecular weight excluding hydrogens is 272 g/mol. The van der Waals surface area contributed by atoms with Gasteiger partial charge in [-0.15, -0.1) is 0 Å². The third kappa shape index (κ3) is 4.23. The molecule has 112 valence electrons. The minimum atomic E-state index is 0.491. The summed E-state index contributed by atoms with van der Waals surface area (Å²) in [6.07, 6.45) is 9.38. The molecule has 0 saturated heterocycles. The fourth-order valence-corrected chi connectivity index (χ4v) is 3.05. The molecule has 0 unspecified atom stereocenters. The van der Waals surface area contributed by atoms with Crippen LogP contribution in [0, 0.1) is 5.92 Å². The highest BCUT2D eigenvalue weighted by Gasteiger charge is 2.21. The highest BCUT2D eigenvalue weighted by atomic mass is 35.5. The molecule has 2 rings (SSSR count). The lowest BCUT2D eigenvalue weighted by Gasteiger charge is -2.29. The summed E-state index contributed by atoms with van der Waals surface area (Å²) < 4.78 is 0. The van der Waals surface area contributed by atoms with E-state index in [1.54, 1.807) is 6.20 Å². The summed E-state index contributed by atoms with van der Waals surface area (Å²) in [7, 11) is 0. The van der Waals surface area contributed by atoms with Gasteiger partial charge in [-0.3, -0.25) is 0 Å². The zero-order valence-corrected chi connectivity index (χ0v) is 13.2. The molecule has 0 amide bonds. The number of halogens is 1. The SMILES string of the molecule is CCCC1CCC(Nc2nc(NCC)ncc2Cl)CC1. The standard InChI is InChI=1S/C15H25ClN4/c1-3-5-11-6-8-12(9-7-11)19-14-13(16)10-18-15(20-14)17-4-2/h10-12H,3-9H2,1-2H3,(H2,17,18,19,20). The Labute approximate surface area is 126 Å². The third-order valence-electron chi connectivity index (χ3n) is 3.96. The highest BCUT2D eigenvalue weighted by molar-refractivity contribution is 6.32. The molecule has 0 bridgehead atoms. The van der Waals surface area contributed by atoms with Crippen molar-refractivity contribution < 1.29 is 0 Å². The van der Waals surface area contributed by atoms with Crippen molar-refractivity contribution >= 4 is 23.4 Å². The van der Waals surface area contributed by atoms with E-state index in [9.17, 15) is 0 Å². The molecule has 1 heterocycles. The second-order valence-corrected chi connectivity index (χ2v) is 5.98. The van der Waals surface area contributed by atoms with Gasteiger partial charge in [0, 0.05) is 12.6 Å². The van der Waals surface area contributed by atoms with Gasteiger partial charge in [0.1, 0.15) is 5.02 Å². The predicted molar refractivity (Wildman–Crippen MR) is 85.5 cm³/mol. The largest absolute Gasteiger partial charge is 0.366 e. The second kappa shape index (κ2) is 7.67. The van der Waals surface area contributed by atoms with Crippen molar-refractivity contribution in [3.05, 3.63) is 11.2 Å². The zero-order chi connectivity index (χ0) is 14.4. The van der Waals surface area contributed by atoms with Gasteiger partial charge in [-0.1, -0.05) is 31.4 Å². The molecule has 2 N–H and O–H groups in total. The summed E-state index contributed by atoms with van der Waals surface area (Å²) >= 11 is 6.18. The molecule has 0 atom stereocenters. The molecule has 1 aromatic heterocycles. The highest BCUT2D eigenvalue weighted by Crippen LogP contribution is 2.30. The van der Waals surface area contributed by atoms with Gasteiger partial charge in [0.25, 0.3) is 0 Å². The molecule has 1 aliphatic carbocycles. The zero-order valence-electron chi connectivity index (χ0n) is 12.5. The normalized spacial score (nSPS) is 22.6. The van der Waals surface area contributed by atoms with Gasteiger partial charge >= 0.3 is 0 Å². The average molecular weight is 297 g/mol. The molecule has 1 aromatic rings. The minimum Gasteiger partial charge on any atom is -0.366 e.